The fourth-order valence-electron chi connectivity index (χ4n) is 2.46. The first kappa shape index (κ1) is 16.7. The molecule has 0 aromatic heterocycles. The van der Waals surface area contributed by atoms with Gasteiger partial charge in [-0.15, -0.1) is 0 Å². The molecule has 0 aromatic rings. The molecular formula is C16H27NO3. The highest BCUT2D eigenvalue weighted by atomic mass is 16.6. The van der Waals surface area contributed by atoms with Gasteiger partial charge in [0.15, 0.2) is 5.78 Å². The van der Waals surface area contributed by atoms with Crippen molar-refractivity contribution >= 4 is 11.9 Å². The van der Waals surface area contributed by atoms with Crippen molar-refractivity contribution in [1.82, 2.24) is 5.32 Å². The number of amides is 1. The molecule has 0 spiro atoms. The first-order chi connectivity index (χ1) is 9.17. The summed E-state index contributed by atoms with van der Waals surface area (Å²) in [7, 11) is 0. The second-order valence-electron chi connectivity index (χ2n) is 6.83. The van der Waals surface area contributed by atoms with Gasteiger partial charge in [0.25, 0.3) is 0 Å². The van der Waals surface area contributed by atoms with Crippen LogP contribution in [0, 0.1) is 5.92 Å². The number of alkyl carbamates (subject to hydrolysis) is 1. The van der Waals surface area contributed by atoms with E-state index < -0.39 is 11.7 Å². The van der Waals surface area contributed by atoms with Crippen LogP contribution in [-0.4, -0.2) is 23.5 Å². The second-order valence-corrected chi connectivity index (χ2v) is 6.83. The molecule has 114 valence electrons. The van der Waals surface area contributed by atoms with Crippen LogP contribution in [0.15, 0.2) is 11.6 Å². The van der Waals surface area contributed by atoms with Crippen molar-refractivity contribution in [3.63, 3.8) is 0 Å². The Balaban J connectivity index is 2.51. The zero-order valence-corrected chi connectivity index (χ0v) is 13.3. The minimum absolute atomic E-state index is 0.0265. The van der Waals surface area contributed by atoms with Crippen molar-refractivity contribution in [3.05, 3.63) is 11.6 Å². The van der Waals surface area contributed by atoms with Crippen LogP contribution in [0.2, 0.25) is 0 Å². The smallest absolute Gasteiger partial charge is 0.407 e. The van der Waals surface area contributed by atoms with E-state index in [9.17, 15) is 9.59 Å². The zero-order valence-electron chi connectivity index (χ0n) is 13.3. The maximum atomic E-state index is 12.0. The number of nitrogens with one attached hydrogen (secondary N) is 1. The van der Waals surface area contributed by atoms with Gasteiger partial charge < -0.3 is 10.1 Å². The van der Waals surface area contributed by atoms with Crippen molar-refractivity contribution in [2.45, 2.75) is 71.9 Å². The second kappa shape index (κ2) is 6.91. The van der Waals surface area contributed by atoms with E-state index in [1.807, 2.05) is 34.6 Å². The molecule has 4 heteroatoms. The van der Waals surface area contributed by atoms with Crippen molar-refractivity contribution in [1.29, 1.82) is 0 Å². The quantitative estimate of drug-likeness (QED) is 0.804. The monoisotopic (exact) mass is 281 g/mol. The molecule has 1 saturated carbocycles. The molecule has 1 amide bonds. The Kier molecular flexibility index (Phi) is 5.78. The van der Waals surface area contributed by atoms with E-state index >= 15 is 0 Å². The van der Waals surface area contributed by atoms with E-state index in [1.165, 1.54) is 0 Å². The lowest BCUT2D eigenvalue weighted by atomic mass is 9.83. The third kappa shape index (κ3) is 6.22. The summed E-state index contributed by atoms with van der Waals surface area (Å²) in [4.78, 5) is 23.8. The van der Waals surface area contributed by atoms with E-state index in [1.54, 1.807) is 6.08 Å². The topological polar surface area (TPSA) is 55.4 Å². The maximum absolute atomic E-state index is 12.0. The summed E-state index contributed by atoms with van der Waals surface area (Å²) in [5.41, 5.74) is 0.535. The molecule has 0 bridgehead atoms. The molecule has 0 unspecified atom stereocenters. The Morgan fingerprint density at radius 1 is 1.20 bits per heavy atom. The van der Waals surface area contributed by atoms with Crippen molar-refractivity contribution in [2.75, 3.05) is 0 Å². The summed E-state index contributed by atoms with van der Waals surface area (Å²) < 4.78 is 5.25. The van der Waals surface area contributed by atoms with Crippen LogP contribution in [0.3, 0.4) is 0 Å². The highest BCUT2D eigenvalue weighted by molar-refractivity contribution is 5.92. The average molecular weight is 281 g/mol. The number of ether oxygens (including phenoxy) is 1. The van der Waals surface area contributed by atoms with Gasteiger partial charge in [-0.25, -0.2) is 4.79 Å². The molecule has 0 aliphatic heterocycles. The van der Waals surface area contributed by atoms with Crippen molar-refractivity contribution in [2.24, 2.45) is 5.92 Å². The number of carbonyl (C=O) groups excluding carboxylic acids is 2. The molecule has 1 rings (SSSR count). The van der Waals surface area contributed by atoms with Gasteiger partial charge >= 0.3 is 6.09 Å². The molecule has 1 aliphatic carbocycles. The largest absolute Gasteiger partial charge is 0.444 e. The van der Waals surface area contributed by atoms with Gasteiger partial charge in [-0.1, -0.05) is 12.0 Å². The first-order valence-electron chi connectivity index (χ1n) is 7.35. The Hall–Kier alpha value is -1.32. The van der Waals surface area contributed by atoms with Crippen LogP contribution < -0.4 is 5.32 Å². The Labute approximate surface area is 122 Å². The van der Waals surface area contributed by atoms with Gasteiger partial charge in [0, 0.05) is 12.0 Å². The molecule has 0 saturated heterocycles. The highest BCUT2D eigenvalue weighted by Gasteiger charge is 2.28. The maximum Gasteiger partial charge on any atom is 0.407 e. The standard InChI is InChI=1S/C16H27NO3/c1-11(2)9-14(18)12-7-6-8-13(10-12)17-15(19)20-16(3,4)5/h9,12-13H,6-8,10H2,1-5H3,(H,17,19)/t12-,13+/m0/s1. The number of allylic oxidation sites excluding steroid dienone is 2. The van der Waals surface area contributed by atoms with Crippen LogP contribution in [0.5, 0.6) is 0 Å². The number of hydrogen-bond donors (Lipinski definition) is 1. The van der Waals surface area contributed by atoms with Crippen LogP contribution in [0.4, 0.5) is 4.79 Å². The lowest BCUT2D eigenvalue weighted by Gasteiger charge is -2.29. The van der Waals surface area contributed by atoms with E-state index in [0.717, 1.165) is 24.8 Å². The number of rotatable bonds is 3. The first-order valence-corrected chi connectivity index (χ1v) is 7.35. The summed E-state index contributed by atoms with van der Waals surface area (Å²) in [6.45, 7) is 9.38. The number of hydrogen-bond acceptors (Lipinski definition) is 3. The number of ketones is 1. The molecule has 0 heterocycles. The lowest BCUT2D eigenvalue weighted by Crippen LogP contribution is -2.42. The van der Waals surface area contributed by atoms with E-state index in [2.05, 4.69) is 5.32 Å². The molecular weight excluding hydrogens is 254 g/mol. The summed E-state index contributed by atoms with van der Waals surface area (Å²) >= 11 is 0. The predicted octanol–water partition coefficient (Wildman–Crippen LogP) is 3.61. The minimum atomic E-state index is -0.490. The number of carbonyl (C=O) groups is 2. The van der Waals surface area contributed by atoms with Crippen LogP contribution in [0.25, 0.3) is 0 Å². The van der Waals surface area contributed by atoms with Crippen LogP contribution >= 0.6 is 0 Å². The summed E-state index contributed by atoms with van der Waals surface area (Å²) in [6.07, 6.45) is 4.82. The van der Waals surface area contributed by atoms with Crippen LogP contribution in [-0.2, 0) is 9.53 Å². The van der Waals surface area contributed by atoms with Crippen molar-refractivity contribution < 1.29 is 14.3 Å². The van der Waals surface area contributed by atoms with Gasteiger partial charge in [0.2, 0.25) is 0 Å². The Morgan fingerprint density at radius 3 is 2.40 bits per heavy atom. The molecule has 0 aromatic carbocycles. The normalized spacial score (nSPS) is 22.9. The third-order valence-corrected chi connectivity index (χ3v) is 3.23. The fraction of sp³-hybridized carbons (Fsp3) is 0.750. The van der Waals surface area contributed by atoms with Crippen LogP contribution in [0.1, 0.15) is 60.3 Å². The molecule has 2 atom stereocenters. The SMILES string of the molecule is CC(C)=CC(=O)[C@H]1CCC[C@@H](NC(=O)OC(C)(C)C)C1. The fourth-order valence-corrected chi connectivity index (χ4v) is 2.46. The predicted molar refractivity (Wildman–Crippen MR) is 79.6 cm³/mol. The molecule has 0 radical (unpaired) electrons. The molecule has 20 heavy (non-hydrogen) atoms. The summed E-state index contributed by atoms with van der Waals surface area (Å²) in [6, 6.07) is 0.0399. The Morgan fingerprint density at radius 2 is 1.85 bits per heavy atom. The average Bonchev–Trinajstić information content (AvgIpc) is 2.25. The highest BCUT2D eigenvalue weighted by Crippen LogP contribution is 2.26. The molecule has 1 aliphatic rings. The molecule has 1 N–H and O–H groups in total. The third-order valence-electron chi connectivity index (χ3n) is 3.23. The molecule has 1 fully saturated rings. The van der Waals surface area contributed by atoms with Gasteiger partial charge in [0.1, 0.15) is 5.60 Å². The molecule has 4 nitrogen and oxygen atoms in total. The van der Waals surface area contributed by atoms with E-state index in [4.69, 9.17) is 4.74 Å². The minimum Gasteiger partial charge on any atom is -0.444 e. The van der Waals surface area contributed by atoms with Crippen molar-refractivity contribution in [3.8, 4) is 0 Å². The lowest BCUT2D eigenvalue weighted by molar-refractivity contribution is -0.119. The van der Waals surface area contributed by atoms with Gasteiger partial charge in [-0.05, 0) is 60.0 Å². The zero-order chi connectivity index (χ0) is 15.3. The van der Waals surface area contributed by atoms with Gasteiger partial charge in [-0.2, -0.15) is 0 Å². The summed E-state index contributed by atoms with van der Waals surface area (Å²) in [5.74, 6) is 0.208. The summed E-state index contributed by atoms with van der Waals surface area (Å²) in [5, 5.41) is 2.88. The van der Waals surface area contributed by atoms with Gasteiger partial charge in [0.05, 0.1) is 0 Å². The van der Waals surface area contributed by atoms with E-state index in [-0.39, 0.29) is 17.7 Å². The Bertz CT molecular complexity index is 389. The van der Waals surface area contributed by atoms with E-state index in [0.29, 0.717) is 6.42 Å². The van der Waals surface area contributed by atoms with Gasteiger partial charge in [-0.3, -0.25) is 4.79 Å².